The number of carboxylic acids is 1. The van der Waals surface area contributed by atoms with Crippen LogP contribution < -0.4 is 5.32 Å². The van der Waals surface area contributed by atoms with Gasteiger partial charge in [-0.25, -0.2) is 0 Å². The number of aromatic amines is 1. The van der Waals surface area contributed by atoms with Crippen LogP contribution in [0, 0.1) is 11.3 Å². The minimum absolute atomic E-state index is 0.0164. The number of carbonyl (C=O) groups is 2. The number of amides is 1. The number of benzene rings is 2. The number of hydrogen-bond acceptors (Lipinski definition) is 4. The third kappa shape index (κ3) is 5.50. The average Bonchev–Trinajstić information content (AvgIpc) is 3.14. The van der Waals surface area contributed by atoms with Gasteiger partial charge in [-0.05, 0) is 41.8 Å². The molecule has 0 unspecified atom stereocenters. The van der Waals surface area contributed by atoms with E-state index in [2.05, 4.69) is 10.3 Å². The highest BCUT2D eigenvalue weighted by Crippen LogP contribution is 2.20. The van der Waals surface area contributed by atoms with Gasteiger partial charge in [0.2, 0.25) is 0 Å². The van der Waals surface area contributed by atoms with E-state index in [-0.39, 0.29) is 11.3 Å². The van der Waals surface area contributed by atoms with Crippen molar-refractivity contribution in [2.24, 2.45) is 0 Å². The van der Waals surface area contributed by atoms with E-state index in [0.717, 1.165) is 21.4 Å². The molecule has 1 amide bonds. The molecule has 0 saturated carbocycles. The van der Waals surface area contributed by atoms with Crippen molar-refractivity contribution in [3.8, 4) is 6.07 Å². The van der Waals surface area contributed by atoms with Gasteiger partial charge in [-0.2, -0.15) is 5.26 Å². The highest BCUT2D eigenvalue weighted by atomic mass is 32.2. The number of carboxylic acid groups (broad SMARTS) is 1. The molecule has 0 radical (unpaired) electrons. The van der Waals surface area contributed by atoms with Gasteiger partial charge in [0, 0.05) is 28.5 Å². The summed E-state index contributed by atoms with van der Waals surface area (Å²) >= 11 is 1.21. The first-order valence-corrected chi connectivity index (χ1v) is 9.95. The van der Waals surface area contributed by atoms with Crippen molar-refractivity contribution < 1.29 is 14.7 Å². The Morgan fingerprint density at radius 1 is 1.17 bits per heavy atom. The third-order valence-corrected chi connectivity index (χ3v) is 5.27. The van der Waals surface area contributed by atoms with Crippen LogP contribution in [-0.4, -0.2) is 34.3 Å². The summed E-state index contributed by atoms with van der Waals surface area (Å²) in [7, 11) is 0. The molecule has 146 valence electrons. The third-order valence-electron chi connectivity index (χ3n) is 4.27. The summed E-state index contributed by atoms with van der Waals surface area (Å²) in [5.41, 5.74) is 2.89. The molecule has 3 aromatic rings. The van der Waals surface area contributed by atoms with Crippen LogP contribution in [0.5, 0.6) is 0 Å². The zero-order valence-corrected chi connectivity index (χ0v) is 16.3. The van der Waals surface area contributed by atoms with Gasteiger partial charge in [-0.15, -0.1) is 11.8 Å². The zero-order chi connectivity index (χ0) is 20.6. The summed E-state index contributed by atoms with van der Waals surface area (Å²) in [6, 6.07) is 16.9. The SMILES string of the molecule is N#C/C(=C\c1ccc(SCC(=O)O)cc1)C(=O)NCCc1c[nH]c2ccccc12. The quantitative estimate of drug-likeness (QED) is 0.302. The van der Waals surface area contributed by atoms with Crippen molar-refractivity contribution >= 4 is 40.6 Å². The van der Waals surface area contributed by atoms with Crippen molar-refractivity contribution in [3.05, 3.63) is 71.4 Å². The smallest absolute Gasteiger partial charge is 0.313 e. The molecular formula is C22H19N3O3S. The molecule has 0 atom stereocenters. The first-order chi connectivity index (χ1) is 14.1. The van der Waals surface area contributed by atoms with E-state index in [1.807, 2.05) is 36.5 Å². The molecule has 7 heteroatoms. The van der Waals surface area contributed by atoms with Gasteiger partial charge in [0.15, 0.2) is 0 Å². The summed E-state index contributed by atoms with van der Waals surface area (Å²) in [5.74, 6) is -1.32. The minimum atomic E-state index is -0.880. The summed E-state index contributed by atoms with van der Waals surface area (Å²) in [6.07, 6.45) is 4.11. The molecule has 3 N–H and O–H groups in total. The molecule has 0 aliphatic heterocycles. The highest BCUT2D eigenvalue weighted by molar-refractivity contribution is 8.00. The molecule has 0 aliphatic rings. The predicted molar refractivity (Wildman–Crippen MR) is 113 cm³/mol. The average molecular weight is 405 g/mol. The lowest BCUT2D eigenvalue weighted by Crippen LogP contribution is -2.26. The molecule has 0 saturated heterocycles. The molecule has 1 heterocycles. The Labute approximate surface area is 172 Å². The Morgan fingerprint density at radius 3 is 2.66 bits per heavy atom. The standard InChI is InChI=1S/C22H19N3O3S/c23-12-17(11-15-5-7-18(8-6-15)29-14-21(26)27)22(28)24-10-9-16-13-25-20-4-2-1-3-19(16)20/h1-8,11,13,25H,9-10,14H2,(H,24,28)(H,26,27)/b17-11+. The van der Waals surface area contributed by atoms with Gasteiger partial charge in [0.25, 0.3) is 5.91 Å². The zero-order valence-electron chi connectivity index (χ0n) is 15.5. The monoisotopic (exact) mass is 405 g/mol. The molecular weight excluding hydrogens is 386 g/mol. The Kier molecular flexibility index (Phi) is 6.72. The maximum atomic E-state index is 12.3. The van der Waals surface area contributed by atoms with E-state index in [4.69, 9.17) is 5.11 Å². The number of carbonyl (C=O) groups excluding carboxylic acids is 1. The molecule has 2 aromatic carbocycles. The Balaban J connectivity index is 1.58. The van der Waals surface area contributed by atoms with Crippen LogP contribution in [0.2, 0.25) is 0 Å². The fourth-order valence-electron chi connectivity index (χ4n) is 2.86. The van der Waals surface area contributed by atoms with E-state index >= 15 is 0 Å². The normalized spacial score (nSPS) is 11.2. The lowest BCUT2D eigenvalue weighted by molar-refractivity contribution is -0.133. The highest BCUT2D eigenvalue weighted by Gasteiger charge is 2.10. The molecule has 29 heavy (non-hydrogen) atoms. The van der Waals surface area contributed by atoms with Gasteiger partial charge >= 0.3 is 5.97 Å². The molecule has 3 rings (SSSR count). The fraction of sp³-hybridized carbons (Fsp3) is 0.136. The van der Waals surface area contributed by atoms with Gasteiger partial charge < -0.3 is 15.4 Å². The number of fused-ring (bicyclic) bond motifs is 1. The van der Waals surface area contributed by atoms with Gasteiger partial charge in [0.05, 0.1) is 5.75 Å². The van der Waals surface area contributed by atoms with Crippen LogP contribution in [0.15, 0.2) is 65.2 Å². The molecule has 0 fully saturated rings. The maximum absolute atomic E-state index is 12.3. The van der Waals surface area contributed by atoms with Crippen LogP contribution >= 0.6 is 11.8 Å². The second-order valence-electron chi connectivity index (χ2n) is 6.29. The summed E-state index contributed by atoms with van der Waals surface area (Å²) in [5, 5.41) is 22.0. The number of hydrogen-bond donors (Lipinski definition) is 3. The van der Waals surface area contributed by atoms with Crippen molar-refractivity contribution in [2.75, 3.05) is 12.3 Å². The van der Waals surface area contributed by atoms with Gasteiger partial charge in [0.1, 0.15) is 11.6 Å². The molecule has 1 aromatic heterocycles. The number of aliphatic carboxylic acids is 1. The van der Waals surface area contributed by atoms with Crippen molar-refractivity contribution in [3.63, 3.8) is 0 Å². The molecule has 0 spiro atoms. The van der Waals surface area contributed by atoms with Crippen molar-refractivity contribution in [2.45, 2.75) is 11.3 Å². The fourth-order valence-corrected chi connectivity index (χ4v) is 3.48. The van der Waals surface area contributed by atoms with Crippen LogP contribution in [-0.2, 0) is 16.0 Å². The number of aromatic nitrogens is 1. The Morgan fingerprint density at radius 2 is 1.93 bits per heavy atom. The lowest BCUT2D eigenvalue weighted by atomic mass is 10.1. The van der Waals surface area contributed by atoms with Crippen LogP contribution in [0.3, 0.4) is 0 Å². The predicted octanol–water partition coefficient (Wildman–Crippen LogP) is 3.61. The summed E-state index contributed by atoms with van der Waals surface area (Å²) in [4.78, 5) is 27.0. The van der Waals surface area contributed by atoms with E-state index in [9.17, 15) is 14.9 Å². The number of nitriles is 1. The number of nitrogens with zero attached hydrogens (tertiary/aromatic N) is 1. The maximum Gasteiger partial charge on any atom is 0.313 e. The number of H-pyrrole nitrogens is 1. The van der Waals surface area contributed by atoms with Gasteiger partial charge in [-0.1, -0.05) is 30.3 Å². The van der Waals surface area contributed by atoms with E-state index in [1.54, 1.807) is 24.3 Å². The first kappa shape index (κ1) is 20.2. The summed E-state index contributed by atoms with van der Waals surface area (Å²) < 4.78 is 0. The second kappa shape index (κ2) is 9.62. The topological polar surface area (TPSA) is 106 Å². The number of nitrogens with one attached hydrogen (secondary N) is 2. The van der Waals surface area contributed by atoms with Crippen molar-refractivity contribution in [1.29, 1.82) is 5.26 Å². The molecule has 0 bridgehead atoms. The molecule has 6 nitrogen and oxygen atoms in total. The van der Waals surface area contributed by atoms with E-state index in [1.165, 1.54) is 17.8 Å². The van der Waals surface area contributed by atoms with Crippen molar-refractivity contribution in [1.82, 2.24) is 10.3 Å². The van der Waals surface area contributed by atoms with Gasteiger partial charge in [-0.3, -0.25) is 9.59 Å². The number of thioether (sulfide) groups is 1. The Hall–Kier alpha value is -3.50. The number of para-hydroxylation sites is 1. The van der Waals surface area contributed by atoms with E-state index in [0.29, 0.717) is 18.5 Å². The molecule has 0 aliphatic carbocycles. The minimum Gasteiger partial charge on any atom is -0.481 e. The Bertz CT molecular complexity index is 1090. The lowest BCUT2D eigenvalue weighted by Gasteiger charge is -2.04. The van der Waals surface area contributed by atoms with Crippen LogP contribution in [0.25, 0.3) is 17.0 Å². The summed E-state index contributed by atoms with van der Waals surface area (Å²) in [6.45, 7) is 0.421. The van der Waals surface area contributed by atoms with Crippen LogP contribution in [0.1, 0.15) is 11.1 Å². The first-order valence-electron chi connectivity index (χ1n) is 8.96. The second-order valence-corrected chi connectivity index (χ2v) is 7.34. The van der Waals surface area contributed by atoms with E-state index < -0.39 is 11.9 Å². The number of rotatable bonds is 8. The largest absolute Gasteiger partial charge is 0.481 e. The van der Waals surface area contributed by atoms with Crippen LogP contribution in [0.4, 0.5) is 0 Å².